The Balaban J connectivity index is 1.07. The van der Waals surface area contributed by atoms with Crippen LogP contribution in [0.25, 0.3) is 0 Å². The molecule has 2 aromatic carbocycles. The average molecular weight is 673 g/mol. The van der Waals surface area contributed by atoms with E-state index in [1.807, 2.05) is 62.4 Å². The lowest BCUT2D eigenvalue weighted by atomic mass is 10.00. The molecule has 0 unspecified atom stereocenters. The Morgan fingerprint density at radius 3 is 2.61 bits per heavy atom. The number of benzene rings is 2. The first kappa shape index (κ1) is 34.0. The van der Waals surface area contributed by atoms with E-state index in [-0.39, 0.29) is 24.0 Å². The molecule has 260 valence electrons. The topological polar surface area (TPSA) is 151 Å². The quantitative estimate of drug-likeness (QED) is 0.165. The van der Waals surface area contributed by atoms with Crippen molar-refractivity contribution in [1.82, 2.24) is 25.3 Å². The Labute approximate surface area is 285 Å². The number of aryl methyl sites for hydroxylation is 3. The minimum atomic E-state index is -0.516. The van der Waals surface area contributed by atoms with Crippen LogP contribution in [0.2, 0.25) is 0 Å². The molecule has 4 aromatic rings. The van der Waals surface area contributed by atoms with E-state index in [0.717, 1.165) is 46.7 Å². The molecule has 2 aromatic heterocycles. The number of rotatable bonds is 13. The zero-order valence-electron chi connectivity index (χ0n) is 28.4. The van der Waals surface area contributed by atoms with Crippen LogP contribution in [0.15, 0.2) is 54.6 Å². The van der Waals surface area contributed by atoms with E-state index < -0.39 is 12.4 Å². The molecule has 3 N–H and O–H groups in total. The molecule has 13 nitrogen and oxygen atoms in total. The summed E-state index contributed by atoms with van der Waals surface area (Å²) in [6, 6.07) is 17.4. The molecular weight excluding hydrogens is 628 g/mol. The van der Waals surface area contributed by atoms with Crippen molar-refractivity contribution in [2.24, 2.45) is 7.05 Å². The minimum absolute atomic E-state index is 0.0209. The van der Waals surface area contributed by atoms with Gasteiger partial charge in [-0.15, -0.1) is 0 Å². The van der Waals surface area contributed by atoms with Crippen LogP contribution in [0.3, 0.4) is 0 Å². The number of hydrogen-bond donors (Lipinski definition) is 3. The molecule has 6 rings (SSSR count). The fourth-order valence-electron chi connectivity index (χ4n) is 6.27. The minimum Gasteiger partial charge on any atom is -0.497 e. The van der Waals surface area contributed by atoms with Crippen LogP contribution in [0, 0.1) is 0 Å². The summed E-state index contributed by atoms with van der Waals surface area (Å²) in [6.07, 6.45) is 2.51. The van der Waals surface area contributed by atoms with Crippen LogP contribution in [0.1, 0.15) is 83.9 Å². The van der Waals surface area contributed by atoms with E-state index in [0.29, 0.717) is 56.3 Å². The van der Waals surface area contributed by atoms with Crippen molar-refractivity contribution in [3.63, 3.8) is 0 Å². The third-order valence-electron chi connectivity index (χ3n) is 8.72. The first-order valence-corrected chi connectivity index (χ1v) is 16.7. The van der Waals surface area contributed by atoms with Gasteiger partial charge in [0.15, 0.2) is 12.1 Å². The highest BCUT2D eigenvalue weighted by molar-refractivity contribution is 6.02. The lowest BCUT2D eigenvalue weighted by Gasteiger charge is -2.19. The second kappa shape index (κ2) is 15.6. The molecular formula is C36H44N6O7. The fourth-order valence-corrected chi connectivity index (χ4v) is 6.27. The first-order chi connectivity index (χ1) is 23.7. The number of amides is 2. The number of nitrogens with zero attached hydrogens (tertiary/aromatic N) is 3. The summed E-state index contributed by atoms with van der Waals surface area (Å²) < 4.78 is 30.5. The third kappa shape index (κ3) is 8.59. The summed E-state index contributed by atoms with van der Waals surface area (Å²) >= 11 is 0. The van der Waals surface area contributed by atoms with Gasteiger partial charge in [0.25, 0.3) is 5.91 Å². The highest BCUT2D eigenvalue weighted by Gasteiger charge is 2.30. The lowest BCUT2D eigenvalue weighted by Crippen LogP contribution is -2.33. The van der Waals surface area contributed by atoms with Crippen molar-refractivity contribution < 1.29 is 33.3 Å². The van der Waals surface area contributed by atoms with Gasteiger partial charge in [-0.25, -0.2) is 4.79 Å². The van der Waals surface area contributed by atoms with Gasteiger partial charge < -0.3 is 34.3 Å². The van der Waals surface area contributed by atoms with Gasteiger partial charge in [-0.1, -0.05) is 24.3 Å². The molecule has 1 aliphatic carbocycles. The zero-order valence-corrected chi connectivity index (χ0v) is 28.4. The number of anilines is 1. The van der Waals surface area contributed by atoms with E-state index in [2.05, 4.69) is 25.9 Å². The highest BCUT2D eigenvalue weighted by Crippen LogP contribution is 2.37. The lowest BCUT2D eigenvalue weighted by molar-refractivity contribution is -0.0465. The molecule has 13 heteroatoms. The predicted octanol–water partition coefficient (Wildman–Crippen LogP) is 5.58. The van der Waals surface area contributed by atoms with Crippen molar-refractivity contribution in [3.8, 4) is 11.5 Å². The molecule has 0 bridgehead atoms. The van der Waals surface area contributed by atoms with Gasteiger partial charge in [0.05, 0.1) is 31.6 Å². The van der Waals surface area contributed by atoms with Crippen molar-refractivity contribution >= 4 is 17.8 Å². The highest BCUT2D eigenvalue weighted by atomic mass is 16.7. The largest absolute Gasteiger partial charge is 0.497 e. The van der Waals surface area contributed by atoms with Gasteiger partial charge in [-0.3, -0.25) is 14.6 Å². The van der Waals surface area contributed by atoms with Crippen molar-refractivity contribution in [2.75, 3.05) is 25.6 Å². The molecule has 0 spiro atoms. The second-order valence-corrected chi connectivity index (χ2v) is 12.7. The second-order valence-electron chi connectivity index (χ2n) is 12.7. The number of ether oxygens (including phenoxy) is 5. The van der Waals surface area contributed by atoms with Gasteiger partial charge in [-0.05, 0) is 81.3 Å². The van der Waals surface area contributed by atoms with Crippen LogP contribution in [0.5, 0.6) is 11.5 Å². The number of alkyl carbamates (subject to hydrolysis) is 1. The van der Waals surface area contributed by atoms with E-state index in [1.54, 1.807) is 24.9 Å². The van der Waals surface area contributed by atoms with Crippen molar-refractivity contribution in [1.29, 1.82) is 0 Å². The number of methoxy groups -OCH3 is 1. The Bertz CT molecular complexity index is 1730. The molecule has 2 atom stereocenters. The van der Waals surface area contributed by atoms with Gasteiger partial charge >= 0.3 is 6.09 Å². The van der Waals surface area contributed by atoms with Gasteiger partial charge in [-0.2, -0.15) is 10.2 Å². The molecule has 1 aliphatic heterocycles. The first-order valence-electron chi connectivity index (χ1n) is 16.7. The fraction of sp³-hybridized carbons (Fsp3) is 0.444. The molecule has 2 aliphatic rings. The van der Waals surface area contributed by atoms with E-state index >= 15 is 0 Å². The Kier molecular flexibility index (Phi) is 10.8. The summed E-state index contributed by atoms with van der Waals surface area (Å²) in [5.41, 5.74) is 5.01. The van der Waals surface area contributed by atoms with Gasteiger partial charge in [0.2, 0.25) is 0 Å². The standard InChI is InChI=1S/C36H44N6O7/c1-22(2)37-36(44)49-28-15-11-25(18-28)29-20-32(40-39-29)38-34(43)30-19-26(41-42(30)3)12-10-24-6-5-7-31(33(24)35-46-16-17-47-35)48-21-23-8-13-27(45-4)14-9-23/h5-9,13-14,19-20,22,25,28,35H,10-12,15-18,21H2,1-4H3,(H,37,44)(H2,38,39,40,43)/t25-,28+/m0/s1. The molecule has 2 fully saturated rings. The molecule has 1 saturated carbocycles. The van der Waals surface area contributed by atoms with Gasteiger partial charge in [0.1, 0.15) is 29.9 Å². The van der Waals surface area contributed by atoms with Crippen LogP contribution >= 0.6 is 0 Å². The maximum atomic E-state index is 13.3. The Morgan fingerprint density at radius 1 is 1.06 bits per heavy atom. The third-order valence-corrected chi connectivity index (χ3v) is 8.72. The number of carbonyl (C=O) groups is 2. The molecule has 3 heterocycles. The van der Waals surface area contributed by atoms with Crippen LogP contribution in [-0.4, -0.2) is 64.4 Å². The Hall–Kier alpha value is -4.88. The van der Waals surface area contributed by atoms with Crippen molar-refractivity contribution in [2.45, 2.75) is 76.9 Å². The predicted molar refractivity (Wildman–Crippen MR) is 181 cm³/mol. The van der Waals surface area contributed by atoms with E-state index in [9.17, 15) is 9.59 Å². The maximum absolute atomic E-state index is 13.3. The number of nitrogens with one attached hydrogen (secondary N) is 3. The van der Waals surface area contributed by atoms with E-state index in [1.165, 1.54) is 0 Å². The van der Waals surface area contributed by atoms with E-state index in [4.69, 9.17) is 23.7 Å². The molecule has 0 radical (unpaired) electrons. The van der Waals surface area contributed by atoms with Crippen molar-refractivity contribution in [3.05, 3.63) is 88.4 Å². The maximum Gasteiger partial charge on any atom is 0.407 e. The number of hydrogen-bond acceptors (Lipinski definition) is 9. The zero-order chi connectivity index (χ0) is 34.3. The summed E-state index contributed by atoms with van der Waals surface area (Å²) in [7, 11) is 3.39. The van der Waals surface area contributed by atoms with Crippen LogP contribution in [0.4, 0.5) is 10.6 Å². The summed E-state index contributed by atoms with van der Waals surface area (Å²) in [5, 5.41) is 17.6. The number of aromatic amines is 1. The van der Waals surface area contributed by atoms with Gasteiger partial charge in [0, 0.05) is 30.8 Å². The molecule has 2 amide bonds. The number of aromatic nitrogens is 4. The summed E-state index contributed by atoms with van der Waals surface area (Å²) in [4.78, 5) is 25.3. The van der Waals surface area contributed by atoms with Crippen LogP contribution in [-0.2, 0) is 40.7 Å². The average Bonchev–Trinajstić information content (AvgIpc) is 3.91. The van der Waals surface area contributed by atoms with Crippen LogP contribution < -0.4 is 20.1 Å². The normalized spacial score (nSPS) is 17.7. The monoisotopic (exact) mass is 672 g/mol. The smallest absolute Gasteiger partial charge is 0.407 e. The molecule has 1 saturated heterocycles. The summed E-state index contributed by atoms with van der Waals surface area (Å²) in [5.74, 6) is 1.78. The SMILES string of the molecule is COc1ccc(COc2cccc(CCc3cc(C(=O)Nc4cc([C@H]5CC[C@@H](OC(=O)NC(C)C)C5)[nH]n4)n(C)n3)c2C2OCCO2)cc1. The number of carbonyl (C=O) groups excluding carboxylic acids is 2. The number of H-pyrrole nitrogens is 1. The molecule has 49 heavy (non-hydrogen) atoms. The Morgan fingerprint density at radius 2 is 1.86 bits per heavy atom. The summed E-state index contributed by atoms with van der Waals surface area (Å²) in [6.45, 7) is 5.20.